The van der Waals surface area contributed by atoms with Gasteiger partial charge in [0.2, 0.25) is 0 Å². The van der Waals surface area contributed by atoms with Crippen LogP contribution in [-0.2, 0) is 0 Å². The first-order valence-corrected chi connectivity index (χ1v) is 8.57. The van der Waals surface area contributed by atoms with Crippen molar-refractivity contribution in [3.63, 3.8) is 0 Å². The normalized spacial score (nSPS) is 17.2. The Morgan fingerprint density at radius 2 is 2.32 bits per heavy atom. The minimum absolute atomic E-state index is 0.108. The van der Waals surface area contributed by atoms with Crippen molar-refractivity contribution in [1.29, 1.82) is 0 Å². The predicted molar refractivity (Wildman–Crippen MR) is 95.3 cm³/mol. The Labute approximate surface area is 147 Å². The summed E-state index contributed by atoms with van der Waals surface area (Å²) in [5.41, 5.74) is 0.689. The van der Waals surface area contributed by atoms with E-state index >= 15 is 0 Å². The molecule has 0 saturated carbocycles. The van der Waals surface area contributed by atoms with Crippen molar-refractivity contribution in [1.82, 2.24) is 14.9 Å². The summed E-state index contributed by atoms with van der Waals surface area (Å²) < 4.78 is 10.8. The number of ether oxygens (including phenoxy) is 2. The van der Waals surface area contributed by atoms with Gasteiger partial charge in [-0.05, 0) is 31.9 Å². The van der Waals surface area contributed by atoms with Gasteiger partial charge in [-0.2, -0.15) is 0 Å². The number of rotatable bonds is 5. The summed E-state index contributed by atoms with van der Waals surface area (Å²) >= 11 is 0. The average Bonchev–Trinajstić information content (AvgIpc) is 3.17. The maximum absolute atomic E-state index is 12.6. The molecule has 0 unspecified atom stereocenters. The van der Waals surface area contributed by atoms with Gasteiger partial charge in [-0.3, -0.25) is 0 Å². The van der Waals surface area contributed by atoms with Gasteiger partial charge in [-0.1, -0.05) is 0 Å². The lowest BCUT2D eigenvalue weighted by atomic mass is 9.98. The van der Waals surface area contributed by atoms with Gasteiger partial charge in [-0.25, -0.2) is 9.78 Å². The third-order valence-corrected chi connectivity index (χ3v) is 4.33. The molecule has 0 radical (unpaired) electrons. The van der Waals surface area contributed by atoms with Crippen LogP contribution in [0.4, 0.5) is 10.5 Å². The van der Waals surface area contributed by atoms with E-state index in [1.807, 2.05) is 24.1 Å². The number of hydrogen-bond acceptors (Lipinski definition) is 4. The Bertz CT molecular complexity index is 702. The molecule has 0 aliphatic carbocycles. The van der Waals surface area contributed by atoms with Gasteiger partial charge in [0.05, 0.1) is 13.7 Å². The van der Waals surface area contributed by atoms with Crippen LogP contribution in [0.25, 0.3) is 0 Å². The highest BCUT2D eigenvalue weighted by Gasteiger charge is 2.26. The number of benzene rings is 1. The molecule has 2 heterocycles. The fourth-order valence-electron chi connectivity index (χ4n) is 3.11. The summed E-state index contributed by atoms with van der Waals surface area (Å²) in [7, 11) is 1.60. The van der Waals surface area contributed by atoms with E-state index in [4.69, 9.17) is 9.47 Å². The number of nitrogens with one attached hydrogen (secondary N) is 2. The van der Waals surface area contributed by atoms with Gasteiger partial charge in [0.15, 0.2) is 11.5 Å². The van der Waals surface area contributed by atoms with E-state index in [0.717, 1.165) is 25.2 Å². The summed E-state index contributed by atoms with van der Waals surface area (Å²) in [6.45, 7) is 3.85. The fraction of sp³-hybridized carbons (Fsp3) is 0.444. The van der Waals surface area contributed by atoms with E-state index in [1.165, 1.54) is 0 Å². The maximum Gasteiger partial charge on any atom is 0.321 e. The molecular formula is C18H24N4O3. The van der Waals surface area contributed by atoms with Crippen molar-refractivity contribution >= 4 is 11.7 Å². The van der Waals surface area contributed by atoms with Gasteiger partial charge in [0.25, 0.3) is 0 Å². The number of anilines is 1. The van der Waals surface area contributed by atoms with Gasteiger partial charge in [0.1, 0.15) is 5.82 Å². The highest BCUT2D eigenvalue weighted by atomic mass is 16.5. The number of nitrogens with zero attached hydrogens (tertiary/aromatic N) is 2. The van der Waals surface area contributed by atoms with Crippen molar-refractivity contribution in [2.75, 3.05) is 32.1 Å². The van der Waals surface area contributed by atoms with Crippen LogP contribution in [0.1, 0.15) is 31.5 Å². The molecule has 1 saturated heterocycles. The Hall–Kier alpha value is -2.70. The SMILES string of the molecule is CCOc1cc(NC(=O)N2CCC[C@H](c3ncc[nH]3)C2)ccc1OC. The number of piperidine rings is 1. The molecular weight excluding hydrogens is 320 g/mol. The minimum Gasteiger partial charge on any atom is -0.493 e. The molecule has 1 aromatic carbocycles. The molecule has 25 heavy (non-hydrogen) atoms. The Balaban J connectivity index is 1.66. The van der Waals surface area contributed by atoms with Crippen LogP contribution in [0.5, 0.6) is 11.5 Å². The summed E-state index contributed by atoms with van der Waals surface area (Å²) in [6.07, 6.45) is 5.57. The Kier molecular flexibility index (Phi) is 5.42. The molecule has 3 rings (SSSR count). The molecule has 0 spiro atoms. The topological polar surface area (TPSA) is 79.5 Å². The first kappa shape index (κ1) is 17.1. The van der Waals surface area contributed by atoms with Gasteiger partial charge < -0.3 is 24.7 Å². The molecule has 2 aromatic rings. The van der Waals surface area contributed by atoms with Crippen molar-refractivity contribution in [2.24, 2.45) is 0 Å². The minimum atomic E-state index is -0.108. The van der Waals surface area contributed by atoms with Crippen LogP contribution in [0, 0.1) is 0 Å². The Morgan fingerprint density at radius 1 is 1.44 bits per heavy atom. The van der Waals surface area contributed by atoms with E-state index in [9.17, 15) is 4.79 Å². The van der Waals surface area contributed by atoms with Crippen LogP contribution in [0.2, 0.25) is 0 Å². The number of likely N-dealkylation sites (tertiary alicyclic amines) is 1. The number of carbonyl (C=O) groups excluding carboxylic acids is 1. The molecule has 134 valence electrons. The summed E-state index contributed by atoms with van der Waals surface area (Å²) in [5.74, 6) is 2.47. The van der Waals surface area contributed by atoms with E-state index < -0.39 is 0 Å². The Morgan fingerprint density at radius 3 is 3.04 bits per heavy atom. The van der Waals surface area contributed by atoms with E-state index in [-0.39, 0.29) is 11.9 Å². The molecule has 2 N–H and O–H groups in total. The largest absolute Gasteiger partial charge is 0.493 e. The number of carbonyl (C=O) groups is 1. The third-order valence-electron chi connectivity index (χ3n) is 4.33. The lowest BCUT2D eigenvalue weighted by Gasteiger charge is -2.31. The number of aromatic amines is 1. The van der Waals surface area contributed by atoms with Crippen LogP contribution < -0.4 is 14.8 Å². The number of hydrogen-bond donors (Lipinski definition) is 2. The molecule has 1 aromatic heterocycles. The molecule has 1 fully saturated rings. The first-order chi connectivity index (χ1) is 12.2. The highest BCUT2D eigenvalue weighted by Crippen LogP contribution is 2.31. The maximum atomic E-state index is 12.6. The third kappa shape index (κ3) is 4.04. The second-order valence-corrected chi connectivity index (χ2v) is 5.99. The number of urea groups is 1. The fourth-order valence-corrected chi connectivity index (χ4v) is 3.11. The van der Waals surface area contributed by atoms with Gasteiger partial charge in [0, 0.05) is 43.2 Å². The second-order valence-electron chi connectivity index (χ2n) is 5.99. The molecule has 0 bridgehead atoms. The lowest BCUT2D eigenvalue weighted by Crippen LogP contribution is -2.41. The zero-order valence-corrected chi connectivity index (χ0v) is 14.6. The van der Waals surface area contributed by atoms with Crippen molar-refractivity contribution < 1.29 is 14.3 Å². The molecule has 7 heteroatoms. The predicted octanol–water partition coefficient (Wildman–Crippen LogP) is 3.23. The average molecular weight is 344 g/mol. The number of methoxy groups -OCH3 is 1. The highest BCUT2D eigenvalue weighted by molar-refractivity contribution is 5.89. The van der Waals surface area contributed by atoms with Crippen LogP contribution >= 0.6 is 0 Å². The van der Waals surface area contributed by atoms with E-state index in [2.05, 4.69) is 15.3 Å². The van der Waals surface area contributed by atoms with Crippen molar-refractivity contribution in [2.45, 2.75) is 25.7 Å². The van der Waals surface area contributed by atoms with Gasteiger partial charge in [-0.15, -0.1) is 0 Å². The van der Waals surface area contributed by atoms with Crippen molar-refractivity contribution in [3.05, 3.63) is 36.4 Å². The van der Waals surface area contributed by atoms with Gasteiger partial charge >= 0.3 is 6.03 Å². The zero-order chi connectivity index (χ0) is 17.6. The molecule has 7 nitrogen and oxygen atoms in total. The number of aromatic nitrogens is 2. The number of amides is 2. The first-order valence-electron chi connectivity index (χ1n) is 8.57. The molecule has 1 aliphatic heterocycles. The van der Waals surface area contributed by atoms with Crippen LogP contribution in [-0.4, -0.2) is 47.7 Å². The van der Waals surface area contributed by atoms with Crippen LogP contribution in [0.3, 0.4) is 0 Å². The van der Waals surface area contributed by atoms with E-state index in [1.54, 1.807) is 25.4 Å². The molecule has 1 aliphatic rings. The summed E-state index contributed by atoms with van der Waals surface area (Å²) in [5, 5.41) is 2.95. The number of H-pyrrole nitrogens is 1. The zero-order valence-electron chi connectivity index (χ0n) is 14.6. The second kappa shape index (κ2) is 7.92. The van der Waals surface area contributed by atoms with E-state index in [0.29, 0.717) is 30.3 Å². The lowest BCUT2D eigenvalue weighted by molar-refractivity contribution is 0.191. The summed E-state index contributed by atoms with van der Waals surface area (Å²) in [6, 6.07) is 5.29. The van der Waals surface area contributed by atoms with Crippen molar-refractivity contribution in [3.8, 4) is 11.5 Å². The quantitative estimate of drug-likeness (QED) is 0.873. The smallest absolute Gasteiger partial charge is 0.321 e. The molecule has 1 atom stereocenters. The van der Waals surface area contributed by atoms with Crippen LogP contribution in [0.15, 0.2) is 30.6 Å². The standard InChI is InChI=1S/C18H24N4O3/c1-3-25-16-11-14(6-7-15(16)24-2)21-18(23)22-10-4-5-13(12-22)17-19-8-9-20-17/h6-9,11,13H,3-5,10,12H2,1-2H3,(H,19,20)(H,21,23)/t13-/m0/s1. The summed E-state index contributed by atoms with van der Waals surface area (Å²) in [4.78, 5) is 21.9. The molecule has 2 amide bonds. The number of imidazole rings is 1. The monoisotopic (exact) mass is 344 g/mol.